The summed E-state index contributed by atoms with van der Waals surface area (Å²) in [6.45, 7) is 2.75. The lowest BCUT2D eigenvalue weighted by Crippen LogP contribution is -2.52. The molecule has 1 aliphatic rings. The molecule has 94 valence electrons. The molecule has 3 N–H and O–H groups in total. The molecule has 0 bridgehead atoms. The number of hydrogen-bond acceptors (Lipinski definition) is 4. The molecule has 4 nitrogen and oxygen atoms in total. The Morgan fingerprint density at radius 2 is 2.18 bits per heavy atom. The van der Waals surface area contributed by atoms with Crippen LogP contribution in [0.3, 0.4) is 0 Å². The molecule has 0 radical (unpaired) electrons. The van der Waals surface area contributed by atoms with Gasteiger partial charge in [-0.2, -0.15) is 0 Å². The van der Waals surface area contributed by atoms with Gasteiger partial charge in [0.05, 0.1) is 17.9 Å². The van der Waals surface area contributed by atoms with Crippen molar-refractivity contribution in [3.05, 3.63) is 18.2 Å². The zero-order valence-electron chi connectivity index (χ0n) is 10.1. The molecule has 5 heteroatoms. The summed E-state index contributed by atoms with van der Waals surface area (Å²) in [6.07, 6.45) is 6.93. The maximum atomic E-state index is 12.7. The third-order valence-electron chi connectivity index (χ3n) is 3.80. The first kappa shape index (κ1) is 12.2. The van der Waals surface area contributed by atoms with Gasteiger partial charge in [-0.05, 0) is 18.8 Å². The van der Waals surface area contributed by atoms with Gasteiger partial charge in [0, 0.05) is 6.54 Å². The number of hydrogen-bond donors (Lipinski definition) is 2. The van der Waals surface area contributed by atoms with E-state index in [1.54, 1.807) is 0 Å². The van der Waals surface area contributed by atoms with Crippen LogP contribution in [0.15, 0.2) is 12.4 Å². The van der Waals surface area contributed by atoms with Gasteiger partial charge in [0.25, 0.3) is 0 Å². The summed E-state index contributed by atoms with van der Waals surface area (Å²) < 4.78 is 12.7. The second kappa shape index (κ2) is 4.96. The average molecular weight is 238 g/mol. The van der Waals surface area contributed by atoms with Crippen molar-refractivity contribution in [2.75, 3.05) is 11.9 Å². The van der Waals surface area contributed by atoms with Gasteiger partial charge in [0.1, 0.15) is 0 Å². The molecule has 1 heterocycles. The van der Waals surface area contributed by atoms with Crippen molar-refractivity contribution < 1.29 is 4.39 Å². The minimum absolute atomic E-state index is 0.143. The standard InChI is InChI=1S/C12H19FN4/c1-9-4-2-3-5-12(9,8-14)17-11-15-6-10(13)7-16-11/h6-7,9H,2-5,8,14H2,1H3,(H,15,16,17). The highest BCUT2D eigenvalue weighted by atomic mass is 19.1. The molecule has 1 fully saturated rings. The van der Waals surface area contributed by atoms with Gasteiger partial charge in [-0.1, -0.05) is 19.8 Å². The number of aromatic nitrogens is 2. The first-order valence-corrected chi connectivity index (χ1v) is 6.12. The summed E-state index contributed by atoms with van der Waals surface area (Å²) >= 11 is 0. The second-order valence-electron chi connectivity index (χ2n) is 4.86. The Morgan fingerprint density at radius 3 is 2.76 bits per heavy atom. The lowest BCUT2D eigenvalue weighted by atomic mass is 9.73. The predicted molar refractivity (Wildman–Crippen MR) is 65.0 cm³/mol. The zero-order chi connectivity index (χ0) is 12.3. The summed E-state index contributed by atoms with van der Waals surface area (Å²) in [5.41, 5.74) is 5.77. The Kier molecular flexibility index (Phi) is 3.57. The van der Waals surface area contributed by atoms with Crippen molar-refractivity contribution in [2.24, 2.45) is 11.7 Å². The van der Waals surface area contributed by atoms with Gasteiger partial charge in [-0.15, -0.1) is 0 Å². The van der Waals surface area contributed by atoms with Gasteiger partial charge < -0.3 is 11.1 Å². The van der Waals surface area contributed by atoms with E-state index in [0.717, 1.165) is 19.3 Å². The van der Waals surface area contributed by atoms with E-state index >= 15 is 0 Å². The highest BCUT2D eigenvalue weighted by Crippen LogP contribution is 2.34. The Balaban J connectivity index is 2.15. The molecule has 0 amide bonds. The number of anilines is 1. The van der Waals surface area contributed by atoms with E-state index < -0.39 is 5.82 Å². The molecule has 1 aromatic rings. The van der Waals surface area contributed by atoms with Crippen molar-refractivity contribution >= 4 is 5.95 Å². The predicted octanol–water partition coefficient (Wildman–Crippen LogP) is 1.94. The summed E-state index contributed by atoms with van der Waals surface area (Å²) in [7, 11) is 0. The van der Waals surface area contributed by atoms with Crippen molar-refractivity contribution in [3.8, 4) is 0 Å². The zero-order valence-corrected chi connectivity index (χ0v) is 10.1. The molecule has 1 aromatic heterocycles. The fourth-order valence-electron chi connectivity index (χ4n) is 2.55. The molecule has 2 rings (SSSR count). The molecule has 0 spiro atoms. The molecule has 1 aliphatic carbocycles. The lowest BCUT2D eigenvalue weighted by molar-refractivity contribution is 0.234. The maximum Gasteiger partial charge on any atom is 0.223 e. The van der Waals surface area contributed by atoms with Gasteiger partial charge in [0.2, 0.25) is 5.95 Å². The highest BCUT2D eigenvalue weighted by molar-refractivity contribution is 5.30. The maximum absolute atomic E-state index is 12.7. The number of rotatable bonds is 3. The molecule has 0 aliphatic heterocycles. The van der Waals surface area contributed by atoms with Gasteiger partial charge in [-0.25, -0.2) is 14.4 Å². The number of nitrogens with zero attached hydrogens (tertiary/aromatic N) is 2. The van der Waals surface area contributed by atoms with E-state index in [2.05, 4.69) is 22.2 Å². The number of halogens is 1. The minimum atomic E-state index is -0.422. The topological polar surface area (TPSA) is 63.8 Å². The van der Waals surface area contributed by atoms with E-state index in [1.165, 1.54) is 18.8 Å². The fourth-order valence-corrected chi connectivity index (χ4v) is 2.55. The van der Waals surface area contributed by atoms with Crippen LogP contribution in [0.1, 0.15) is 32.6 Å². The molecular weight excluding hydrogens is 219 g/mol. The summed E-state index contributed by atoms with van der Waals surface area (Å²) in [5, 5.41) is 3.31. The van der Waals surface area contributed by atoms with Crippen LogP contribution in [0, 0.1) is 11.7 Å². The van der Waals surface area contributed by atoms with Crippen LogP contribution in [0.25, 0.3) is 0 Å². The summed E-state index contributed by atoms with van der Waals surface area (Å²) in [4.78, 5) is 7.89. The fraction of sp³-hybridized carbons (Fsp3) is 0.667. The third kappa shape index (κ3) is 2.54. The highest BCUT2D eigenvalue weighted by Gasteiger charge is 2.37. The quantitative estimate of drug-likeness (QED) is 0.844. The van der Waals surface area contributed by atoms with Crippen LogP contribution in [0.2, 0.25) is 0 Å². The van der Waals surface area contributed by atoms with E-state index in [-0.39, 0.29) is 5.54 Å². The first-order chi connectivity index (χ1) is 8.16. The normalized spacial score (nSPS) is 29.0. The van der Waals surface area contributed by atoms with Crippen LogP contribution < -0.4 is 11.1 Å². The molecule has 0 aromatic carbocycles. The molecule has 2 atom stereocenters. The summed E-state index contributed by atoms with van der Waals surface area (Å²) in [6, 6.07) is 0. The smallest absolute Gasteiger partial charge is 0.223 e. The lowest BCUT2D eigenvalue weighted by Gasteiger charge is -2.42. The Bertz CT molecular complexity index is 367. The molecule has 1 saturated carbocycles. The van der Waals surface area contributed by atoms with E-state index in [4.69, 9.17) is 5.73 Å². The van der Waals surface area contributed by atoms with Crippen LogP contribution in [-0.2, 0) is 0 Å². The Labute approximate surface area is 101 Å². The second-order valence-corrected chi connectivity index (χ2v) is 4.86. The largest absolute Gasteiger partial charge is 0.347 e. The Hall–Kier alpha value is -1.23. The van der Waals surface area contributed by atoms with Crippen LogP contribution in [0.4, 0.5) is 10.3 Å². The number of nitrogens with two attached hydrogens (primary N) is 1. The van der Waals surface area contributed by atoms with Crippen molar-refractivity contribution in [1.82, 2.24) is 9.97 Å². The minimum Gasteiger partial charge on any atom is -0.347 e. The molecular formula is C12H19FN4. The first-order valence-electron chi connectivity index (χ1n) is 6.12. The third-order valence-corrected chi connectivity index (χ3v) is 3.80. The Morgan fingerprint density at radius 1 is 1.47 bits per heavy atom. The van der Waals surface area contributed by atoms with Crippen molar-refractivity contribution in [1.29, 1.82) is 0 Å². The van der Waals surface area contributed by atoms with E-state index in [1.807, 2.05) is 0 Å². The van der Waals surface area contributed by atoms with Gasteiger partial charge >= 0.3 is 0 Å². The molecule has 17 heavy (non-hydrogen) atoms. The van der Waals surface area contributed by atoms with Crippen molar-refractivity contribution in [2.45, 2.75) is 38.1 Å². The SMILES string of the molecule is CC1CCCCC1(CN)Nc1ncc(F)cn1. The van der Waals surface area contributed by atoms with Gasteiger partial charge in [0.15, 0.2) is 5.82 Å². The monoisotopic (exact) mass is 238 g/mol. The van der Waals surface area contributed by atoms with E-state index in [9.17, 15) is 4.39 Å². The molecule has 0 saturated heterocycles. The van der Waals surface area contributed by atoms with E-state index in [0.29, 0.717) is 18.4 Å². The molecule has 2 unspecified atom stereocenters. The van der Waals surface area contributed by atoms with Crippen LogP contribution >= 0.6 is 0 Å². The van der Waals surface area contributed by atoms with Crippen LogP contribution in [0.5, 0.6) is 0 Å². The van der Waals surface area contributed by atoms with Crippen LogP contribution in [-0.4, -0.2) is 22.1 Å². The number of nitrogens with one attached hydrogen (secondary N) is 1. The average Bonchev–Trinajstić information content (AvgIpc) is 2.35. The van der Waals surface area contributed by atoms with Crippen molar-refractivity contribution in [3.63, 3.8) is 0 Å². The van der Waals surface area contributed by atoms with Gasteiger partial charge in [-0.3, -0.25) is 0 Å². The summed E-state index contributed by atoms with van der Waals surface area (Å²) in [5.74, 6) is 0.523.